The number of hydrogen-bond acceptors (Lipinski definition) is 4. The van der Waals surface area contributed by atoms with Crippen molar-refractivity contribution in [2.24, 2.45) is 0 Å². The molecule has 6 nitrogen and oxygen atoms in total. The molecule has 20 heavy (non-hydrogen) atoms. The molecule has 8 heteroatoms. The maximum Gasteiger partial charge on any atom is 0.257 e. The van der Waals surface area contributed by atoms with E-state index in [4.69, 9.17) is 4.74 Å². The van der Waals surface area contributed by atoms with Crippen LogP contribution in [0.5, 0.6) is 5.75 Å². The molecule has 1 aromatic carbocycles. The number of amides is 1. The summed E-state index contributed by atoms with van der Waals surface area (Å²) in [6.07, 6.45) is 0.634. The Morgan fingerprint density at radius 1 is 1.40 bits per heavy atom. The molecule has 0 bridgehead atoms. The van der Waals surface area contributed by atoms with Crippen LogP contribution in [0.25, 0.3) is 0 Å². The Labute approximate surface area is 117 Å². The summed E-state index contributed by atoms with van der Waals surface area (Å²) in [6.45, 7) is 1.76. The number of hydrogen-bond donors (Lipinski definition) is 2. The quantitative estimate of drug-likeness (QED) is 0.774. The fourth-order valence-corrected chi connectivity index (χ4v) is 2.45. The van der Waals surface area contributed by atoms with Gasteiger partial charge in [-0.05, 0) is 24.6 Å². The number of nitrogens with one attached hydrogen (secondary N) is 2. The van der Waals surface area contributed by atoms with Crippen molar-refractivity contribution in [3.05, 3.63) is 24.0 Å². The Hall–Kier alpha value is -1.67. The summed E-state index contributed by atoms with van der Waals surface area (Å²) in [6, 6.07) is 3.26. The normalized spacial score (nSPS) is 11.2. The second-order valence-electron chi connectivity index (χ2n) is 3.95. The van der Waals surface area contributed by atoms with Gasteiger partial charge in [-0.15, -0.1) is 0 Å². The molecular formula is C12H17FN2O4S. The summed E-state index contributed by atoms with van der Waals surface area (Å²) in [5.41, 5.74) is 0. The first-order chi connectivity index (χ1) is 9.40. The molecule has 0 aromatic heterocycles. The molecular weight excluding hydrogens is 287 g/mol. The van der Waals surface area contributed by atoms with E-state index in [9.17, 15) is 17.6 Å². The Balaban J connectivity index is 2.85. The number of benzene rings is 1. The maximum atomic E-state index is 13.7. The summed E-state index contributed by atoms with van der Waals surface area (Å²) < 4.78 is 44.5. The molecule has 0 aliphatic heterocycles. The lowest BCUT2D eigenvalue weighted by Gasteiger charge is -2.09. The number of sulfonamides is 1. The summed E-state index contributed by atoms with van der Waals surface area (Å²) in [5, 5.41) is 2.32. The van der Waals surface area contributed by atoms with E-state index in [0.717, 1.165) is 6.07 Å². The first-order valence-corrected chi connectivity index (χ1v) is 7.51. The van der Waals surface area contributed by atoms with Gasteiger partial charge in [-0.3, -0.25) is 4.79 Å². The largest absolute Gasteiger partial charge is 0.481 e. The standard InChI is InChI=1S/C12H17FN2O4S/c1-3-6-15-20(17,18)9-4-5-11(10(13)7-9)19-8-12(16)14-2/h4-5,7,15H,3,6,8H2,1-2H3,(H,14,16). The van der Waals surface area contributed by atoms with E-state index < -0.39 is 21.7 Å². The van der Waals surface area contributed by atoms with Gasteiger partial charge in [-0.1, -0.05) is 6.92 Å². The fourth-order valence-electron chi connectivity index (χ4n) is 1.30. The minimum Gasteiger partial charge on any atom is -0.481 e. The second kappa shape index (κ2) is 7.20. The molecule has 2 N–H and O–H groups in total. The van der Waals surface area contributed by atoms with E-state index >= 15 is 0 Å². The molecule has 0 radical (unpaired) electrons. The predicted molar refractivity (Wildman–Crippen MR) is 71.4 cm³/mol. The third-order valence-corrected chi connectivity index (χ3v) is 3.85. The maximum absolute atomic E-state index is 13.7. The van der Waals surface area contributed by atoms with Gasteiger partial charge in [-0.2, -0.15) is 0 Å². The second-order valence-corrected chi connectivity index (χ2v) is 5.72. The molecule has 0 spiro atoms. The first kappa shape index (κ1) is 16.4. The zero-order chi connectivity index (χ0) is 15.2. The highest BCUT2D eigenvalue weighted by Crippen LogP contribution is 2.20. The van der Waals surface area contributed by atoms with Gasteiger partial charge < -0.3 is 10.1 Å². The number of ether oxygens (including phenoxy) is 1. The number of likely N-dealkylation sites (N-methyl/N-ethyl adjacent to an activating group) is 1. The van der Waals surface area contributed by atoms with E-state index in [0.29, 0.717) is 6.42 Å². The van der Waals surface area contributed by atoms with Crippen LogP contribution in [0.4, 0.5) is 4.39 Å². The highest BCUT2D eigenvalue weighted by molar-refractivity contribution is 7.89. The van der Waals surface area contributed by atoms with Crippen molar-refractivity contribution >= 4 is 15.9 Å². The summed E-state index contributed by atoms with van der Waals surface area (Å²) in [7, 11) is -2.29. The van der Waals surface area contributed by atoms with Crippen LogP contribution in [0.2, 0.25) is 0 Å². The van der Waals surface area contributed by atoms with Gasteiger partial charge in [0.05, 0.1) is 4.90 Å². The lowest BCUT2D eigenvalue weighted by molar-refractivity contribution is -0.122. The topological polar surface area (TPSA) is 84.5 Å². The Kier molecular flexibility index (Phi) is 5.90. The fraction of sp³-hybridized carbons (Fsp3) is 0.417. The van der Waals surface area contributed by atoms with Crippen LogP contribution >= 0.6 is 0 Å². The van der Waals surface area contributed by atoms with Crippen LogP contribution in [-0.2, 0) is 14.8 Å². The molecule has 0 aliphatic rings. The zero-order valence-corrected chi connectivity index (χ0v) is 12.1. The molecule has 0 unspecified atom stereocenters. The minimum atomic E-state index is -3.72. The van der Waals surface area contributed by atoms with Crippen molar-refractivity contribution in [1.82, 2.24) is 10.0 Å². The average Bonchev–Trinajstić information content (AvgIpc) is 2.43. The van der Waals surface area contributed by atoms with Crippen molar-refractivity contribution in [3.8, 4) is 5.75 Å². The third-order valence-electron chi connectivity index (χ3n) is 2.39. The van der Waals surface area contributed by atoms with E-state index in [1.54, 1.807) is 0 Å². The van der Waals surface area contributed by atoms with Crippen LogP contribution in [0.15, 0.2) is 23.1 Å². The van der Waals surface area contributed by atoms with Gasteiger partial charge in [0.15, 0.2) is 18.2 Å². The van der Waals surface area contributed by atoms with Crippen molar-refractivity contribution in [3.63, 3.8) is 0 Å². The van der Waals surface area contributed by atoms with Gasteiger partial charge in [-0.25, -0.2) is 17.5 Å². The lowest BCUT2D eigenvalue weighted by atomic mass is 10.3. The zero-order valence-electron chi connectivity index (χ0n) is 11.3. The molecule has 1 amide bonds. The summed E-state index contributed by atoms with van der Waals surface area (Å²) in [5.74, 6) is -1.43. The molecule has 0 saturated heterocycles. The smallest absolute Gasteiger partial charge is 0.257 e. The van der Waals surface area contributed by atoms with Gasteiger partial charge >= 0.3 is 0 Å². The molecule has 1 aromatic rings. The molecule has 0 saturated carbocycles. The Bertz CT molecular complexity index is 575. The number of carbonyl (C=O) groups excluding carboxylic acids is 1. The van der Waals surface area contributed by atoms with Crippen LogP contribution in [-0.4, -0.2) is 34.5 Å². The van der Waals surface area contributed by atoms with E-state index in [1.807, 2.05) is 6.92 Å². The number of carbonyl (C=O) groups is 1. The Morgan fingerprint density at radius 3 is 2.65 bits per heavy atom. The van der Waals surface area contributed by atoms with Crippen LogP contribution in [0, 0.1) is 5.82 Å². The van der Waals surface area contributed by atoms with Gasteiger partial charge in [0.2, 0.25) is 10.0 Å². The Morgan fingerprint density at radius 2 is 2.10 bits per heavy atom. The summed E-state index contributed by atoms with van der Waals surface area (Å²) >= 11 is 0. The highest BCUT2D eigenvalue weighted by Gasteiger charge is 2.16. The molecule has 112 valence electrons. The molecule has 0 fully saturated rings. The van der Waals surface area contributed by atoms with Crippen molar-refractivity contribution in [2.75, 3.05) is 20.2 Å². The molecule has 0 aliphatic carbocycles. The average molecular weight is 304 g/mol. The lowest BCUT2D eigenvalue weighted by Crippen LogP contribution is -2.25. The predicted octanol–water partition coefficient (Wildman–Crippen LogP) is 0.639. The SMILES string of the molecule is CCCNS(=O)(=O)c1ccc(OCC(=O)NC)c(F)c1. The molecule has 0 heterocycles. The first-order valence-electron chi connectivity index (χ1n) is 6.03. The molecule has 1 rings (SSSR count). The van der Waals surface area contributed by atoms with Gasteiger partial charge in [0.25, 0.3) is 5.91 Å². The van der Waals surface area contributed by atoms with Crippen LogP contribution in [0.1, 0.15) is 13.3 Å². The molecule has 0 atom stereocenters. The van der Waals surface area contributed by atoms with E-state index in [-0.39, 0.29) is 23.8 Å². The van der Waals surface area contributed by atoms with Crippen molar-refractivity contribution in [1.29, 1.82) is 0 Å². The third kappa shape index (κ3) is 4.46. The number of rotatable bonds is 7. The minimum absolute atomic E-state index is 0.178. The van der Waals surface area contributed by atoms with Crippen LogP contribution < -0.4 is 14.8 Å². The van der Waals surface area contributed by atoms with E-state index in [1.165, 1.54) is 19.2 Å². The number of halogens is 1. The highest BCUT2D eigenvalue weighted by atomic mass is 32.2. The van der Waals surface area contributed by atoms with E-state index in [2.05, 4.69) is 10.0 Å². The van der Waals surface area contributed by atoms with Gasteiger partial charge in [0, 0.05) is 13.6 Å². The van der Waals surface area contributed by atoms with Gasteiger partial charge in [0.1, 0.15) is 0 Å². The summed E-state index contributed by atoms with van der Waals surface area (Å²) in [4.78, 5) is 10.8. The van der Waals surface area contributed by atoms with Crippen LogP contribution in [0.3, 0.4) is 0 Å². The van der Waals surface area contributed by atoms with Crippen molar-refractivity contribution < 1.29 is 22.3 Å². The van der Waals surface area contributed by atoms with Crippen molar-refractivity contribution in [2.45, 2.75) is 18.2 Å². The monoisotopic (exact) mass is 304 g/mol.